The second-order valence-corrected chi connectivity index (χ2v) is 6.55. The molecule has 0 unspecified atom stereocenters. The van der Waals surface area contributed by atoms with Crippen molar-refractivity contribution in [1.82, 2.24) is 0 Å². The van der Waals surface area contributed by atoms with E-state index in [1.807, 2.05) is 34.6 Å². The largest absolute Gasteiger partial charge is 0.489 e. The average Bonchev–Trinajstić information content (AvgIpc) is 2.30. The van der Waals surface area contributed by atoms with E-state index in [-0.39, 0.29) is 17.4 Å². The third kappa shape index (κ3) is 4.69. The van der Waals surface area contributed by atoms with Crippen molar-refractivity contribution in [1.29, 1.82) is 0 Å². The zero-order valence-electron chi connectivity index (χ0n) is 12.7. The van der Waals surface area contributed by atoms with Crippen molar-refractivity contribution in [3.8, 4) is 5.75 Å². The minimum absolute atomic E-state index is 0.0438. The van der Waals surface area contributed by atoms with Crippen molar-refractivity contribution in [3.63, 3.8) is 0 Å². The molecule has 0 spiro atoms. The van der Waals surface area contributed by atoms with Crippen molar-refractivity contribution in [2.75, 3.05) is 5.32 Å². The van der Waals surface area contributed by atoms with E-state index in [1.165, 1.54) is 0 Å². The van der Waals surface area contributed by atoms with Crippen LogP contribution in [0.5, 0.6) is 5.75 Å². The molecule has 3 N–H and O–H groups in total. The summed E-state index contributed by atoms with van der Waals surface area (Å²) in [6, 6.07) is 4.55. The number of benzene rings is 1. The molecule has 4 nitrogen and oxygen atoms in total. The number of halogens is 1. The first kappa shape index (κ1) is 16.8. The van der Waals surface area contributed by atoms with Crippen LogP contribution in [-0.2, 0) is 4.79 Å². The lowest BCUT2D eigenvalue weighted by Gasteiger charge is -2.25. The topological polar surface area (TPSA) is 64.3 Å². The lowest BCUT2D eigenvalue weighted by Crippen LogP contribution is -2.45. The number of carbonyl (C=O) groups is 1. The van der Waals surface area contributed by atoms with E-state index in [0.717, 1.165) is 0 Å². The fraction of sp³-hybridized carbons (Fsp3) is 0.533. The molecule has 0 bridgehead atoms. The van der Waals surface area contributed by atoms with Gasteiger partial charge >= 0.3 is 0 Å². The number of nitrogens with two attached hydrogens (primary N) is 1. The number of ether oxygens (including phenoxy) is 1. The third-order valence-electron chi connectivity index (χ3n) is 2.78. The first-order valence-electron chi connectivity index (χ1n) is 6.64. The smallest absolute Gasteiger partial charge is 0.241 e. The second-order valence-electron chi connectivity index (χ2n) is 6.14. The molecular formula is C15H23ClN2O2. The van der Waals surface area contributed by atoms with Gasteiger partial charge in [0.05, 0.1) is 17.2 Å². The first-order valence-corrected chi connectivity index (χ1v) is 7.01. The van der Waals surface area contributed by atoms with E-state index in [2.05, 4.69) is 5.32 Å². The van der Waals surface area contributed by atoms with Gasteiger partial charge in [-0.25, -0.2) is 0 Å². The molecule has 1 aromatic rings. The van der Waals surface area contributed by atoms with Crippen LogP contribution in [-0.4, -0.2) is 18.1 Å². The summed E-state index contributed by atoms with van der Waals surface area (Å²) in [6.07, 6.45) is 0.0438. The molecule has 0 aliphatic carbocycles. The predicted molar refractivity (Wildman–Crippen MR) is 83.3 cm³/mol. The number of anilines is 1. The molecule has 0 radical (unpaired) electrons. The van der Waals surface area contributed by atoms with Crippen LogP contribution < -0.4 is 15.8 Å². The Morgan fingerprint density at radius 1 is 1.35 bits per heavy atom. The van der Waals surface area contributed by atoms with Gasteiger partial charge in [0.1, 0.15) is 5.75 Å². The highest BCUT2D eigenvalue weighted by atomic mass is 35.5. The second kappa shape index (κ2) is 6.46. The van der Waals surface area contributed by atoms with Crippen LogP contribution in [0.15, 0.2) is 18.2 Å². The van der Waals surface area contributed by atoms with Gasteiger partial charge < -0.3 is 15.8 Å². The van der Waals surface area contributed by atoms with Gasteiger partial charge in [0.25, 0.3) is 0 Å². The maximum Gasteiger partial charge on any atom is 0.241 e. The summed E-state index contributed by atoms with van der Waals surface area (Å²) in [7, 11) is 0. The molecule has 112 valence electrons. The lowest BCUT2D eigenvalue weighted by atomic mass is 9.87. The maximum absolute atomic E-state index is 12.0. The average molecular weight is 299 g/mol. The highest BCUT2D eigenvalue weighted by Gasteiger charge is 2.27. The number of amides is 1. The summed E-state index contributed by atoms with van der Waals surface area (Å²) in [4.78, 5) is 12.0. The molecular weight excluding hydrogens is 276 g/mol. The van der Waals surface area contributed by atoms with Gasteiger partial charge in [-0.3, -0.25) is 4.79 Å². The molecule has 0 fully saturated rings. The molecule has 0 aliphatic rings. The monoisotopic (exact) mass is 298 g/mol. The maximum atomic E-state index is 12.0. The van der Waals surface area contributed by atoms with E-state index >= 15 is 0 Å². The van der Waals surface area contributed by atoms with Crippen molar-refractivity contribution in [2.24, 2.45) is 11.1 Å². The van der Waals surface area contributed by atoms with Crippen LogP contribution in [0, 0.1) is 5.41 Å². The Morgan fingerprint density at radius 3 is 2.40 bits per heavy atom. The van der Waals surface area contributed by atoms with Crippen molar-refractivity contribution >= 4 is 23.2 Å². The molecule has 1 rings (SSSR count). The lowest BCUT2D eigenvalue weighted by molar-refractivity contribution is -0.119. The Kier molecular flexibility index (Phi) is 5.42. The molecule has 0 aromatic heterocycles. The summed E-state index contributed by atoms with van der Waals surface area (Å²) in [6.45, 7) is 9.61. The molecule has 0 heterocycles. The van der Waals surface area contributed by atoms with Gasteiger partial charge in [0, 0.05) is 5.69 Å². The van der Waals surface area contributed by atoms with Gasteiger partial charge in [-0.05, 0) is 37.5 Å². The van der Waals surface area contributed by atoms with Crippen molar-refractivity contribution in [2.45, 2.75) is 46.8 Å². The Bertz CT molecular complexity index is 481. The molecule has 1 atom stereocenters. The molecule has 0 saturated carbocycles. The number of hydrogen-bond acceptors (Lipinski definition) is 3. The zero-order valence-corrected chi connectivity index (χ0v) is 13.4. The molecule has 1 aromatic carbocycles. The van der Waals surface area contributed by atoms with Gasteiger partial charge in [0.15, 0.2) is 0 Å². The van der Waals surface area contributed by atoms with Crippen LogP contribution in [0.3, 0.4) is 0 Å². The van der Waals surface area contributed by atoms with Crippen LogP contribution in [0.4, 0.5) is 5.69 Å². The Balaban J connectivity index is 2.80. The van der Waals surface area contributed by atoms with E-state index in [4.69, 9.17) is 22.1 Å². The number of nitrogens with one attached hydrogen (secondary N) is 1. The van der Waals surface area contributed by atoms with Crippen molar-refractivity contribution in [3.05, 3.63) is 23.2 Å². The summed E-state index contributed by atoms with van der Waals surface area (Å²) in [5.41, 5.74) is 6.22. The van der Waals surface area contributed by atoms with Crippen molar-refractivity contribution < 1.29 is 9.53 Å². The normalized spacial score (nSPS) is 13.2. The van der Waals surface area contributed by atoms with E-state index < -0.39 is 6.04 Å². The number of hydrogen-bond donors (Lipinski definition) is 2. The molecule has 5 heteroatoms. The molecule has 1 amide bonds. The van der Waals surface area contributed by atoms with Gasteiger partial charge in [-0.15, -0.1) is 0 Å². The van der Waals surface area contributed by atoms with Crippen LogP contribution in [0.2, 0.25) is 5.02 Å². The Hall–Kier alpha value is -1.26. The molecule has 20 heavy (non-hydrogen) atoms. The summed E-state index contributed by atoms with van der Waals surface area (Å²) in [5.74, 6) is 0.367. The summed E-state index contributed by atoms with van der Waals surface area (Å²) < 4.78 is 5.54. The highest BCUT2D eigenvalue weighted by Crippen LogP contribution is 2.29. The van der Waals surface area contributed by atoms with E-state index in [0.29, 0.717) is 16.5 Å². The minimum Gasteiger partial charge on any atom is -0.489 e. The van der Waals surface area contributed by atoms with Crippen LogP contribution in [0.25, 0.3) is 0 Å². The first-order chi connectivity index (χ1) is 9.11. The molecule has 0 saturated heterocycles. The standard InChI is InChI=1S/C15H23ClN2O2/c1-9(2)20-12-7-6-10(8-11(12)16)18-14(19)13(17)15(3,4)5/h6-9,13H,17H2,1-5H3,(H,18,19)/t13-/m1/s1. The van der Waals surface area contributed by atoms with Crippen LogP contribution >= 0.6 is 11.6 Å². The Morgan fingerprint density at radius 2 is 1.95 bits per heavy atom. The number of rotatable bonds is 4. The highest BCUT2D eigenvalue weighted by molar-refractivity contribution is 6.32. The fourth-order valence-electron chi connectivity index (χ4n) is 1.54. The summed E-state index contributed by atoms with van der Waals surface area (Å²) in [5, 5.41) is 3.22. The zero-order chi connectivity index (χ0) is 15.5. The summed E-state index contributed by atoms with van der Waals surface area (Å²) >= 11 is 6.12. The Labute approximate surface area is 125 Å². The minimum atomic E-state index is -0.590. The van der Waals surface area contributed by atoms with Gasteiger partial charge in [0.2, 0.25) is 5.91 Å². The SMILES string of the molecule is CC(C)Oc1ccc(NC(=O)[C@@H](N)C(C)(C)C)cc1Cl. The predicted octanol–water partition coefficient (Wildman–Crippen LogP) is 3.44. The van der Waals surface area contributed by atoms with E-state index in [1.54, 1.807) is 18.2 Å². The molecule has 0 aliphatic heterocycles. The van der Waals surface area contributed by atoms with E-state index in [9.17, 15) is 4.79 Å². The van der Waals surface area contributed by atoms with Gasteiger partial charge in [-0.1, -0.05) is 32.4 Å². The third-order valence-corrected chi connectivity index (χ3v) is 3.07. The van der Waals surface area contributed by atoms with Gasteiger partial charge in [-0.2, -0.15) is 0 Å². The fourth-order valence-corrected chi connectivity index (χ4v) is 1.77. The number of carbonyl (C=O) groups excluding carboxylic acids is 1. The quantitative estimate of drug-likeness (QED) is 0.895. The van der Waals surface area contributed by atoms with Crippen LogP contribution in [0.1, 0.15) is 34.6 Å².